The molecule has 10 heavy (non-hydrogen) atoms. The Labute approximate surface area is 60.2 Å². The van der Waals surface area contributed by atoms with Crippen molar-refractivity contribution in [3.63, 3.8) is 0 Å². The highest BCUT2D eigenvalue weighted by Crippen LogP contribution is 1.96. The minimum absolute atomic E-state index is 0.0501. The molecule has 0 aromatic carbocycles. The topological polar surface area (TPSA) is 90.3 Å². The lowest BCUT2D eigenvalue weighted by atomic mass is 10.1. The summed E-state index contributed by atoms with van der Waals surface area (Å²) in [6.45, 7) is 1.44. The number of nitrogens with two attached hydrogens (primary N) is 1. The van der Waals surface area contributed by atoms with E-state index in [1.165, 1.54) is 6.92 Å². The van der Waals surface area contributed by atoms with E-state index in [9.17, 15) is 0 Å². The van der Waals surface area contributed by atoms with Crippen LogP contribution in [-0.4, -0.2) is 34.7 Å². The van der Waals surface area contributed by atoms with Crippen LogP contribution in [0.4, 0.5) is 0 Å². The molecule has 0 aromatic rings. The molecule has 0 aliphatic heterocycles. The fourth-order valence-corrected chi connectivity index (χ4v) is 0.628. The zero-order valence-electron chi connectivity index (χ0n) is 6.04. The third kappa shape index (κ3) is 2.91. The summed E-state index contributed by atoms with van der Waals surface area (Å²) in [5, 5.41) is 24.5. The van der Waals surface area contributed by atoms with Crippen LogP contribution in [0.1, 0.15) is 13.3 Å². The van der Waals surface area contributed by atoms with Gasteiger partial charge in [0.2, 0.25) is 0 Å². The predicted octanol–water partition coefficient (Wildman–Crippen LogP) is -0.903. The Morgan fingerprint density at radius 2 is 2.20 bits per heavy atom. The average Bonchev–Trinajstić information content (AvgIpc) is 1.87. The van der Waals surface area contributed by atoms with E-state index in [4.69, 9.17) is 21.4 Å². The molecular formula is C6H14N2O2. The van der Waals surface area contributed by atoms with Crippen molar-refractivity contribution in [2.75, 3.05) is 6.61 Å². The molecule has 5 N–H and O–H groups in total. The van der Waals surface area contributed by atoms with Gasteiger partial charge in [-0.05, 0) is 13.3 Å². The highest BCUT2D eigenvalue weighted by Gasteiger charge is 2.15. The molecule has 0 spiro atoms. The van der Waals surface area contributed by atoms with Crippen molar-refractivity contribution in [2.24, 2.45) is 5.73 Å². The molecule has 4 nitrogen and oxygen atoms in total. The van der Waals surface area contributed by atoms with Gasteiger partial charge in [-0.2, -0.15) is 0 Å². The second-order valence-electron chi connectivity index (χ2n) is 2.30. The Bertz CT molecular complexity index is 116. The molecule has 0 saturated heterocycles. The molecule has 0 bridgehead atoms. The summed E-state index contributed by atoms with van der Waals surface area (Å²) in [5.41, 5.74) is 5.52. The maximum Gasteiger partial charge on any atom is 0.106 e. The van der Waals surface area contributed by atoms with Gasteiger partial charge in [0.25, 0.3) is 0 Å². The molecule has 0 fully saturated rings. The van der Waals surface area contributed by atoms with E-state index >= 15 is 0 Å². The summed E-state index contributed by atoms with van der Waals surface area (Å²) in [6, 6.07) is -0.512. The van der Waals surface area contributed by atoms with E-state index in [1.807, 2.05) is 0 Å². The number of nitrogens with one attached hydrogen (secondary N) is 1. The lowest BCUT2D eigenvalue weighted by molar-refractivity contribution is 0.180. The zero-order valence-corrected chi connectivity index (χ0v) is 6.04. The molecule has 2 unspecified atom stereocenters. The highest BCUT2D eigenvalue weighted by atomic mass is 16.3. The number of aliphatic hydroxyl groups excluding tert-OH is 2. The van der Waals surface area contributed by atoms with Crippen molar-refractivity contribution in [1.82, 2.24) is 0 Å². The molecule has 0 aliphatic rings. The summed E-state index contributed by atoms with van der Waals surface area (Å²) in [4.78, 5) is 0. The van der Waals surface area contributed by atoms with Crippen LogP contribution in [0.2, 0.25) is 0 Å². The van der Waals surface area contributed by atoms with Crippen LogP contribution in [0.5, 0.6) is 0 Å². The van der Waals surface area contributed by atoms with Crippen molar-refractivity contribution in [3.05, 3.63) is 0 Å². The molecule has 0 aromatic heterocycles. The summed E-state index contributed by atoms with van der Waals surface area (Å²) in [6.07, 6.45) is -0.579. The van der Waals surface area contributed by atoms with Gasteiger partial charge in [-0.25, -0.2) is 0 Å². The number of hydrogen-bond acceptors (Lipinski definition) is 4. The number of hydrogen-bond donors (Lipinski definition) is 4. The number of aliphatic hydroxyl groups is 2. The van der Waals surface area contributed by atoms with Gasteiger partial charge in [0.1, 0.15) is 6.10 Å². The summed E-state index contributed by atoms with van der Waals surface area (Å²) in [5.74, 6) is 0. The first-order valence-electron chi connectivity index (χ1n) is 3.19. The highest BCUT2D eigenvalue weighted by molar-refractivity contribution is 5.83. The minimum atomic E-state index is -0.910. The standard InChI is InChI=1S/C6H14N2O2/c1-4(7)6(10)5(8)2-3-9/h5-7,9-10H,2-3,8H2,1H3. The molecule has 0 amide bonds. The van der Waals surface area contributed by atoms with E-state index in [0.717, 1.165) is 0 Å². The third-order valence-electron chi connectivity index (χ3n) is 1.31. The normalized spacial score (nSPS) is 16.4. The van der Waals surface area contributed by atoms with Crippen molar-refractivity contribution in [2.45, 2.75) is 25.5 Å². The van der Waals surface area contributed by atoms with Gasteiger partial charge < -0.3 is 21.4 Å². The fourth-order valence-electron chi connectivity index (χ4n) is 0.628. The van der Waals surface area contributed by atoms with Crippen molar-refractivity contribution in [3.8, 4) is 0 Å². The van der Waals surface area contributed by atoms with E-state index in [1.54, 1.807) is 0 Å². The molecule has 0 aliphatic carbocycles. The van der Waals surface area contributed by atoms with Gasteiger partial charge in [-0.1, -0.05) is 0 Å². The molecular weight excluding hydrogens is 132 g/mol. The van der Waals surface area contributed by atoms with Crippen LogP contribution in [-0.2, 0) is 0 Å². The lowest BCUT2D eigenvalue weighted by Gasteiger charge is -2.15. The van der Waals surface area contributed by atoms with Crippen LogP contribution < -0.4 is 5.73 Å². The van der Waals surface area contributed by atoms with Crippen LogP contribution in [0.15, 0.2) is 0 Å². The monoisotopic (exact) mass is 146 g/mol. The van der Waals surface area contributed by atoms with Gasteiger partial charge in [-0.15, -0.1) is 0 Å². The maximum atomic E-state index is 9.07. The van der Waals surface area contributed by atoms with Gasteiger partial charge >= 0.3 is 0 Å². The Hall–Kier alpha value is -0.450. The first-order chi connectivity index (χ1) is 4.59. The van der Waals surface area contributed by atoms with Crippen LogP contribution in [0.3, 0.4) is 0 Å². The van der Waals surface area contributed by atoms with Gasteiger partial charge in [0, 0.05) is 18.4 Å². The molecule has 0 saturated carbocycles. The van der Waals surface area contributed by atoms with Gasteiger partial charge in [0.15, 0.2) is 0 Å². The van der Waals surface area contributed by atoms with Crippen LogP contribution in [0, 0.1) is 5.41 Å². The third-order valence-corrected chi connectivity index (χ3v) is 1.31. The first-order valence-corrected chi connectivity index (χ1v) is 3.19. The van der Waals surface area contributed by atoms with E-state index < -0.39 is 12.1 Å². The molecule has 4 heteroatoms. The molecule has 60 valence electrons. The zero-order chi connectivity index (χ0) is 8.15. The Kier molecular flexibility index (Phi) is 4.18. The van der Waals surface area contributed by atoms with Crippen LogP contribution >= 0.6 is 0 Å². The quantitative estimate of drug-likeness (QED) is 0.387. The summed E-state index contributed by atoms with van der Waals surface area (Å²) in [7, 11) is 0. The van der Waals surface area contributed by atoms with E-state index in [2.05, 4.69) is 0 Å². The Morgan fingerprint density at radius 3 is 2.50 bits per heavy atom. The predicted molar refractivity (Wildman–Crippen MR) is 39.1 cm³/mol. The van der Waals surface area contributed by atoms with E-state index in [0.29, 0.717) is 6.42 Å². The lowest BCUT2D eigenvalue weighted by Crippen LogP contribution is -2.39. The Balaban J connectivity index is 3.69. The average molecular weight is 146 g/mol. The SMILES string of the molecule is CC(=N)C(O)C(N)CCO. The minimum Gasteiger partial charge on any atom is -0.396 e. The first kappa shape index (κ1) is 9.55. The van der Waals surface area contributed by atoms with Gasteiger partial charge in [-0.3, -0.25) is 0 Å². The second kappa shape index (κ2) is 4.38. The smallest absolute Gasteiger partial charge is 0.106 e. The summed E-state index contributed by atoms with van der Waals surface area (Å²) >= 11 is 0. The largest absolute Gasteiger partial charge is 0.396 e. The van der Waals surface area contributed by atoms with Gasteiger partial charge in [0.05, 0.1) is 0 Å². The summed E-state index contributed by atoms with van der Waals surface area (Å²) < 4.78 is 0. The molecule has 0 rings (SSSR count). The molecule has 0 radical (unpaired) electrons. The van der Waals surface area contributed by atoms with Crippen molar-refractivity contribution in [1.29, 1.82) is 5.41 Å². The second-order valence-corrected chi connectivity index (χ2v) is 2.30. The Morgan fingerprint density at radius 1 is 1.70 bits per heavy atom. The van der Waals surface area contributed by atoms with Crippen LogP contribution in [0.25, 0.3) is 0 Å². The molecule has 0 heterocycles. The fraction of sp³-hybridized carbons (Fsp3) is 0.833. The van der Waals surface area contributed by atoms with Crippen molar-refractivity contribution < 1.29 is 10.2 Å². The van der Waals surface area contributed by atoms with Crippen molar-refractivity contribution >= 4 is 5.71 Å². The number of rotatable bonds is 4. The molecule has 2 atom stereocenters. The van der Waals surface area contributed by atoms with E-state index in [-0.39, 0.29) is 12.3 Å². The maximum absolute atomic E-state index is 9.07.